The van der Waals surface area contributed by atoms with Gasteiger partial charge < -0.3 is 0 Å². The van der Waals surface area contributed by atoms with Crippen molar-refractivity contribution in [2.24, 2.45) is 5.10 Å². The molecular formula is C16H15F3N2. The Balaban J connectivity index is 2.28. The van der Waals surface area contributed by atoms with Gasteiger partial charge in [0, 0.05) is 0 Å². The number of nitrogens with zero attached hydrogens (tertiary/aromatic N) is 1. The lowest BCUT2D eigenvalue weighted by atomic mass is 10.1. The molecule has 1 N–H and O–H groups in total. The summed E-state index contributed by atoms with van der Waals surface area (Å²) in [5.74, 6) is 0. The quantitative estimate of drug-likeness (QED) is 0.627. The number of para-hydroxylation sites is 1. The number of nitrogens with one attached hydrogen (secondary N) is 1. The zero-order valence-corrected chi connectivity index (χ0v) is 11.5. The molecule has 0 fully saturated rings. The number of anilines is 1. The van der Waals surface area contributed by atoms with Crippen LogP contribution in [0.25, 0.3) is 0 Å². The van der Waals surface area contributed by atoms with Gasteiger partial charge in [-0.25, -0.2) is 0 Å². The van der Waals surface area contributed by atoms with Crippen molar-refractivity contribution >= 4 is 11.4 Å². The molecule has 5 heteroatoms. The minimum absolute atomic E-state index is 0.0492. The van der Waals surface area contributed by atoms with Crippen LogP contribution in [-0.4, -0.2) is 5.71 Å². The lowest BCUT2D eigenvalue weighted by Crippen LogP contribution is -2.10. The Hall–Kier alpha value is -2.30. The molecule has 0 spiro atoms. The number of alkyl halides is 3. The van der Waals surface area contributed by atoms with E-state index in [2.05, 4.69) is 10.5 Å². The van der Waals surface area contributed by atoms with Crippen molar-refractivity contribution in [1.29, 1.82) is 0 Å². The van der Waals surface area contributed by atoms with Gasteiger partial charge in [-0.2, -0.15) is 18.3 Å². The third kappa shape index (κ3) is 3.84. The third-order valence-electron chi connectivity index (χ3n) is 2.99. The van der Waals surface area contributed by atoms with Crippen LogP contribution in [-0.2, 0) is 6.18 Å². The van der Waals surface area contributed by atoms with Gasteiger partial charge in [-0.15, -0.1) is 0 Å². The van der Waals surface area contributed by atoms with Gasteiger partial charge in [0.1, 0.15) is 0 Å². The summed E-state index contributed by atoms with van der Waals surface area (Å²) in [6.45, 7) is 1.91. The maximum absolute atomic E-state index is 12.9. The highest BCUT2D eigenvalue weighted by Crippen LogP contribution is 2.34. The van der Waals surface area contributed by atoms with Gasteiger partial charge in [0.05, 0.1) is 17.0 Å². The van der Waals surface area contributed by atoms with E-state index in [1.807, 2.05) is 37.3 Å². The normalized spacial score (nSPS) is 12.3. The summed E-state index contributed by atoms with van der Waals surface area (Å²) in [5.41, 5.74) is 3.35. The smallest absolute Gasteiger partial charge is 0.278 e. The summed E-state index contributed by atoms with van der Waals surface area (Å²) in [6, 6.07) is 14.7. The zero-order chi connectivity index (χ0) is 15.3. The molecule has 0 saturated carbocycles. The molecule has 0 unspecified atom stereocenters. The Bertz CT molecular complexity index is 619. The monoisotopic (exact) mass is 292 g/mol. The van der Waals surface area contributed by atoms with E-state index in [-0.39, 0.29) is 5.69 Å². The van der Waals surface area contributed by atoms with Crippen LogP contribution in [0.15, 0.2) is 59.7 Å². The van der Waals surface area contributed by atoms with E-state index in [1.165, 1.54) is 12.1 Å². The van der Waals surface area contributed by atoms with Gasteiger partial charge >= 0.3 is 6.18 Å². The number of halogens is 3. The molecule has 0 aromatic heterocycles. The maximum atomic E-state index is 12.9. The molecule has 0 radical (unpaired) electrons. The predicted octanol–water partition coefficient (Wildman–Crippen LogP) is 4.93. The minimum atomic E-state index is -4.40. The van der Waals surface area contributed by atoms with Gasteiger partial charge in [0.25, 0.3) is 0 Å². The fourth-order valence-corrected chi connectivity index (χ4v) is 1.93. The van der Waals surface area contributed by atoms with Crippen LogP contribution in [0.2, 0.25) is 0 Å². The molecule has 21 heavy (non-hydrogen) atoms. The first-order valence-corrected chi connectivity index (χ1v) is 6.56. The number of hydrogen-bond donors (Lipinski definition) is 1. The molecule has 0 heterocycles. The first-order chi connectivity index (χ1) is 10.0. The Labute approximate surface area is 121 Å². The molecule has 0 aliphatic rings. The molecule has 0 saturated heterocycles. The maximum Gasteiger partial charge on any atom is 0.418 e. The van der Waals surface area contributed by atoms with Crippen molar-refractivity contribution in [2.45, 2.75) is 19.5 Å². The number of rotatable bonds is 4. The van der Waals surface area contributed by atoms with E-state index in [0.717, 1.165) is 11.6 Å². The highest BCUT2D eigenvalue weighted by molar-refractivity contribution is 6.00. The first-order valence-electron chi connectivity index (χ1n) is 6.56. The average molecular weight is 292 g/mol. The standard InChI is InChI=1S/C16H15F3N2/c1-2-14(12-8-4-3-5-9-12)20-21-15-11-7-6-10-13(15)16(17,18)19/h3-11,21H,2H2,1H3/b20-14-. The molecule has 2 aromatic rings. The second-order valence-corrected chi connectivity index (χ2v) is 4.43. The van der Waals surface area contributed by atoms with E-state index in [0.29, 0.717) is 12.1 Å². The summed E-state index contributed by atoms with van der Waals surface area (Å²) >= 11 is 0. The SMILES string of the molecule is CC/C(=N/Nc1ccccc1C(F)(F)F)c1ccccc1. The van der Waals surface area contributed by atoms with Gasteiger partial charge in [-0.3, -0.25) is 5.43 Å². The lowest BCUT2D eigenvalue weighted by molar-refractivity contribution is -0.136. The van der Waals surface area contributed by atoms with Crippen LogP contribution in [0.3, 0.4) is 0 Å². The molecule has 110 valence electrons. The van der Waals surface area contributed by atoms with Gasteiger partial charge in [0.15, 0.2) is 0 Å². The number of hydrogen-bond acceptors (Lipinski definition) is 2. The van der Waals surface area contributed by atoms with Crippen molar-refractivity contribution < 1.29 is 13.2 Å². The second-order valence-electron chi connectivity index (χ2n) is 4.43. The second kappa shape index (κ2) is 6.43. The largest absolute Gasteiger partial charge is 0.418 e. The molecule has 0 aliphatic heterocycles. The van der Waals surface area contributed by atoms with Gasteiger partial charge in [-0.05, 0) is 24.1 Å². The molecule has 0 bridgehead atoms. The fourth-order valence-electron chi connectivity index (χ4n) is 1.93. The molecule has 2 aromatic carbocycles. The minimum Gasteiger partial charge on any atom is -0.278 e. The van der Waals surface area contributed by atoms with E-state index >= 15 is 0 Å². The third-order valence-corrected chi connectivity index (χ3v) is 2.99. The summed E-state index contributed by atoms with van der Waals surface area (Å²) in [7, 11) is 0. The van der Waals surface area contributed by atoms with Crippen molar-refractivity contribution in [3.8, 4) is 0 Å². The molecule has 0 amide bonds. The molecular weight excluding hydrogens is 277 g/mol. The van der Waals surface area contributed by atoms with Crippen LogP contribution in [0.5, 0.6) is 0 Å². The number of benzene rings is 2. The lowest BCUT2D eigenvalue weighted by Gasteiger charge is -2.12. The number of hydrazone groups is 1. The van der Waals surface area contributed by atoms with Crippen molar-refractivity contribution in [3.63, 3.8) is 0 Å². The summed E-state index contributed by atoms with van der Waals surface area (Å²) < 4.78 is 38.7. The van der Waals surface area contributed by atoms with Crippen LogP contribution in [0.1, 0.15) is 24.5 Å². The zero-order valence-electron chi connectivity index (χ0n) is 11.5. The van der Waals surface area contributed by atoms with Crippen molar-refractivity contribution in [3.05, 3.63) is 65.7 Å². The van der Waals surface area contributed by atoms with E-state index < -0.39 is 11.7 Å². The Morgan fingerprint density at radius 1 is 1.00 bits per heavy atom. The van der Waals surface area contributed by atoms with Crippen molar-refractivity contribution in [2.75, 3.05) is 5.43 Å². The molecule has 2 rings (SSSR count). The topological polar surface area (TPSA) is 24.4 Å². The highest BCUT2D eigenvalue weighted by atomic mass is 19.4. The molecule has 2 nitrogen and oxygen atoms in total. The summed E-state index contributed by atoms with van der Waals surface area (Å²) in [6.07, 6.45) is -3.79. The van der Waals surface area contributed by atoms with E-state index in [9.17, 15) is 13.2 Å². The summed E-state index contributed by atoms with van der Waals surface area (Å²) in [4.78, 5) is 0. The Kier molecular flexibility index (Phi) is 4.62. The molecule has 0 atom stereocenters. The van der Waals surface area contributed by atoms with E-state index in [1.54, 1.807) is 6.07 Å². The van der Waals surface area contributed by atoms with Crippen LogP contribution in [0, 0.1) is 0 Å². The van der Waals surface area contributed by atoms with Gasteiger partial charge in [-0.1, -0.05) is 49.4 Å². The average Bonchev–Trinajstić information content (AvgIpc) is 2.48. The highest BCUT2D eigenvalue weighted by Gasteiger charge is 2.33. The molecule has 0 aliphatic carbocycles. The van der Waals surface area contributed by atoms with E-state index in [4.69, 9.17) is 0 Å². The Morgan fingerprint density at radius 3 is 2.24 bits per heavy atom. The van der Waals surface area contributed by atoms with Crippen molar-refractivity contribution in [1.82, 2.24) is 0 Å². The van der Waals surface area contributed by atoms with Crippen LogP contribution in [0.4, 0.5) is 18.9 Å². The van der Waals surface area contributed by atoms with Gasteiger partial charge in [0.2, 0.25) is 0 Å². The summed E-state index contributed by atoms with van der Waals surface area (Å²) in [5, 5.41) is 4.12. The van der Waals surface area contributed by atoms with Crippen LogP contribution < -0.4 is 5.43 Å². The van der Waals surface area contributed by atoms with Crippen LogP contribution >= 0.6 is 0 Å². The predicted molar refractivity (Wildman–Crippen MR) is 78.3 cm³/mol. The first kappa shape index (κ1) is 15.1. The fraction of sp³-hybridized carbons (Fsp3) is 0.188. The Morgan fingerprint density at radius 2 is 1.62 bits per heavy atom.